The third-order valence-corrected chi connectivity index (χ3v) is 6.17. The van der Waals surface area contributed by atoms with Crippen LogP contribution in [0.5, 0.6) is 0 Å². The SMILES string of the molecule is CN(C[C@@H](NC(=O)OC(C)(C)C)C(C)(C)C)S(=O)(=O)N1CCCCC1. The molecule has 1 aliphatic rings. The van der Waals surface area contributed by atoms with Crippen molar-refractivity contribution < 1.29 is 17.9 Å². The first-order chi connectivity index (χ1) is 11.2. The number of hydrogen-bond acceptors (Lipinski definition) is 4. The number of alkyl carbamates (subject to hydrolysis) is 1. The van der Waals surface area contributed by atoms with E-state index in [9.17, 15) is 13.2 Å². The molecule has 1 atom stereocenters. The van der Waals surface area contributed by atoms with Gasteiger partial charge in [-0.1, -0.05) is 27.2 Å². The summed E-state index contributed by atoms with van der Waals surface area (Å²) < 4.78 is 33.7. The average molecular weight is 378 g/mol. The van der Waals surface area contributed by atoms with Crippen LogP contribution in [0.4, 0.5) is 4.79 Å². The Bertz CT molecular complexity index is 543. The van der Waals surface area contributed by atoms with Crippen molar-refractivity contribution in [2.24, 2.45) is 5.41 Å². The molecule has 8 heteroatoms. The summed E-state index contributed by atoms with van der Waals surface area (Å²) in [6.07, 6.45) is 2.33. The molecule has 1 amide bonds. The van der Waals surface area contributed by atoms with Gasteiger partial charge in [0.15, 0.2) is 0 Å². The Kier molecular flexibility index (Phi) is 7.30. The normalized spacial score (nSPS) is 18.9. The highest BCUT2D eigenvalue weighted by atomic mass is 32.2. The van der Waals surface area contributed by atoms with Crippen LogP contribution in [-0.2, 0) is 14.9 Å². The highest BCUT2D eigenvalue weighted by Crippen LogP contribution is 2.23. The zero-order valence-corrected chi connectivity index (χ0v) is 17.6. The zero-order chi connectivity index (χ0) is 19.5. The molecule has 7 nitrogen and oxygen atoms in total. The number of piperidine rings is 1. The Morgan fingerprint density at radius 1 is 1.12 bits per heavy atom. The van der Waals surface area contributed by atoms with Crippen molar-refractivity contribution in [3.63, 3.8) is 0 Å². The van der Waals surface area contributed by atoms with Gasteiger partial charge < -0.3 is 10.1 Å². The quantitative estimate of drug-likeness (QED) is 0.799. The second kappa shape index (κ2) is 8.22. The smallest absolute Gasteiger partial charge is 0.407 e. The second-order valence-electron chi connectivity index (χ2n) is 8.81. The van der Waals surface area contributed by atoms with Crippen molar-refractivity contribution in [2.75, 3.05) is 26.7 Å². The number of carbonyl (C=O) groups excluding carboxylic acids is 1. The van der Waals surface area contributed by atoms with Gasteiger partial charge in [-0.2, -0.15) is 17.0 Å². The number of amides is 1. The number of likely N-dealkylation sites (N-methyl/N-ethyl adjacent to an activating group) is 1. The lowest BCUT2D eigenvalue weighted by molar-refractivity contribution is 0.0454. The summed E-state index contributed by atoms with van der Waals surface area (Å²) in [7, 11) is -1.94. The Morgan fingerprint density at radius 2 is 1.64 bits per heavy atom. The van der Waals surface area contributed by atoms with E-state index in [1.807, 2.05) is 20.8 Å². The summed E-state index contributed by atoms with van der Waals surface area (Å²) in [6.45, 7) is 12.6. The Balaban J connectivity index is 2.82. The first kappa shape index (κ1) is 22.2. The van der Waals surface area contributed by atoms with Crippen LogP contribution < -0.4 is 5.32 Å². The lowest BCUT2D eigenvalue weighted by atomic mass is 9.87. The van der Waals surface area contributed by atoms with Crippen LogP contribution in [0.3, 0.4) is 0 Å². The minimum absolute atomic E-state index is 0.196. The highest BCUT2D eigenvalue weighted by molar-refractivity contribution is 7.86. The molecule has 1 saturated heterocycles. The molecule has 0 unspecified atom stereocenters. The van der Waals surface area contributed by atoms with E-state index in [1.165, 1.54) is 8.61 Å². The van der Waals surface area contributed by atoms with E-state index >= 15 is 0 Å². The molecule has 0 aromatic rings. The largest absolute Gasteiger partial charge is 0.444 e. The molecule has 0 aromatic carbocycles. The number of carbonyl (C=O) groups is 1. The third-order valence-electron chi connectivity index (χ3n) is 4.21. The van der Waals surface area contributed by atoms with Gasteiger partial charge in [0.05, 0.1) is 6.04 Å². The van der Waals surface area contributed by atoms with Crippen molar-refractivity contribution in [1.82, 2.24) is 13.9 Å². The molecule has 25 heavy (non-hydrogen) atoms. The third kappa shape index (κ3) is 7.11. The van der Waals surface area contributed by atoms with Crippen LogP contribution >= 0.6 is 0 Å². The standard InChI is InChI=1S/C17H35N3O4S/c1-16(2,3)14(18-15(21)24-17(4,5)6)13-19(7)25(22,23)20-11-9-8-10-12-20/h14H,8-13H2,1-7H3,(H,18,21)/t14-/m1/s1. The van der Waals surface area contributed by atoms with Gasteiger partial charge in [-0.15, -0.1) is 0 Å². The maximum Gasteiger partial charge on any atom is 0.407 e. The summed E-state index contributed by atoms with van der Waals surface area (Å²) in [6, 6.07) is -0.369. The minimum Gasteiger partial charge on any atom is -0.444 e. The van der Waals surface area contributed by atoms with E-state index in [1.54, 1.807) is 27.8 Å². The highest BCUT2D eigenvalue weighted by Gasteiger charge is 2.34. The molecule has 1 fully saturated rings. The lowest BCUT2D eigenvalue weighted by Gasteiger charge is -2.37. The van der Waals surface area contributed by atoms with Gasteiger partial charge in [-0.05, 0) is 39.0 Å². The van der Waals surface area contributed by atoms with E-state index in [4.69, 9.17) is 4.74 Å². The summed E-state index contributed by atoms with van der Waals surface area (Å²) >= 11 is 0. The summed E-state index contributed by atoms with van der Waals surface area (Å²) in [5.74, 6) is 0. The van der Waals surface area contributed by atoms with Crippen molar-refractivity contribution >= 4 is 16.3 Å². The molecule has 1 rings (SSSR count). The number of nitrogens with one attached hydrogen (secondary N) is 1. The first-order valence-electron chi connectivity index (χ1n) is 8.94. The van der Waals surface area contributed by atoms with Gasteiger partial charge >= 0.3 is 6.09 Å². The molecule has 0 aromatic heterocycles. The molecule has 0 saturated carbocycles. The molecule has 0 spiro atoms. The Labute approximate surface area is 153 Å². The van der Waals surface area contributed by atoms with Gasteiger partial charge in [0, 0.05) is 26.7 Å². The lowest BCUT2D eigenvalue weighted by Crippen LogP contribution is -2.54. The molecular weight excluding hydrogens is 342 g/mol. The van der Waals surface area contributed by atoms with E-state index in [-0.39, 0.29) is 18.0 Å². The number of hydrogen-bond donors (Lipinski definition) is 1. The fraction of sp³-hybridized carbons (Fsp3) is 0.941. The zero-order valence-electron chi connectivity index (χ0n) is 16.8. The van der Waals surface area contributed by atoms with E-state index < -0.39 is 21.9 Å². The van der Waals surface area contributed by atoms with Crippen molar-refractivity contribution in [3.8, 4) is 0 Å². The Morgan fingerprint density at radius 3 is 2.08 bits per heavy atom. The predicted octanol–water partition coefficient (Wildman–Crippen LogP) is 2.59. The average Bonchev–Trinajstić information content (AvgIpc) is 2.44. The van der Waals surface area contributed by atoms with E-state index in [0.717, 1.165) is 19.3 Å². The van der Waals surface area contributed by atoms with Crippen LogP contribution in [0.1, 0.15) is 60.8 Å². The second-order valence-corrected chi connectivity index (χ2v) is 10.8. The Hall–Kier alpha value is -0.860. The van der Waals surface area contributed by atoms with Crippen molar-refractivity contribution in [1.29, 1.82) is 0 Å². The van der Waals surface area contributed by atoms with Gasteiger partial charge in [0.25, 0.3) is 10.2 Å². The van der Waals surface area contributed by atoms with Gasteiger partial charge in [0.2, 0.25) is 0 Å². The summed E-state index contributed by atoms with van der Waals surface area (Å²) in [5, 5.41) is 2.83. The first-order valence-corrected chi connectivity index (χ1v) is 10.3. The topological polar surface area (TPSA) is 79.0 Å². The number of ether oxygens (including phenoxy) is 1. The van der Waals surface area contributed by atoms with Crippen LogP contribution in [0.15, 0.2) is 0 Å². The maximum absolute atomic E-state index is 12.8. The van der Waals surface area contributed by atoms with Crippen LogP contribution in [0.25, 0.3) is 0 Å². The molecule has 1 aliphatic heterocycles. The molecule has 1 heterocycles. The fourth-order valence-corrected chi connectivity index (χ4v) is 4.08. The summed E-state index contributed by atoms with van der Waals surface area (Å²) in [4.78, 5) is 12.1. The van der Waals surface area contributed by atoms with E-state index in [0.29, 0.717) is 13.1 Å². The fourth-order valence-electron chi connectivity index (χ4n) is 2.63. The number of rotatable bonds is 5. The van der Waals surface area contributed by atoms with Crippen LogP contribution in [-0.4, -0.2) is 61.4 Å². The van der Waals surface area contributed by atoms with Gasteiger partial charge in [-0.25, -0.2) is 4.79 Å². The van der Waals surface area contributed by atoms with Crippen molar-refractivity contribution in [2.45, 2.75) is 72.4 Å². The predicted molar refractivity (Wildman–Crippen MR) is 99.6 cm³/mol. The minimum atomic E-state index is -3.51. The molecule has 0 radical (unpaired) electrons. The summed E-state index contributed by atoms with van der Waals surface area (Å²) in [5.41, 5.74) is -0.916. The van der Waals surface area contributed by atoms with Gasteiger partial charge in [-0.3, -0.25) is 0 Å². The number of nitrogens with zero attached hydrogens (tertiary/aromatic N) is 2. The molecule has 0 bridgehead atoms. The molecular formula is C17H35N3O4S. The van der Waals surface area contributed by atoms with Crippen molar-refractivity contribution in [3.05, 3.63) is 0 Å². The maximum atomic E-state index is 12.8. The van der Waals surface area contributed by atoms with Crippen LogP contribution in [0, 0.1) is 5.41 Å². The monoisotopic (exact) mass is 377 g/mol. The van der Waals surface area contributed by atoms with E-state index in [2.05, 4.69) is 5.32 Å². The molecule has 0 aliphatic carbocycles. The van der Waals surface area contributed by atoms with Gasteiger partial charge in [0.1, 0.15) is 5.60 Å². The molecule has 148 valence electrons. The van der Waals surface area contributed by atoms with Crippen LogP contribution in [0.2, 0.25) is 0 Å². The molecule has 1 N–H and O–H groups in total.